The van der Waals surface area contributed by atoms with E-state index in [0.29, 0.717) is 11.1 Å². The number of hydrogen-bond donors (Lipinski definition) is 1. The number of aliphatic hydroxyl groups excluding tert-OH is 1. The van der Waals surface area contributed by atoms with Gasteiger partial charge < -0.3 is 14.7 Å². The molecule has 160 valence electrons. The Bertz CT molecular complexity index is 1220. The monoisotopic (exact) mass is 426 g/mol. The summed E-state index contributed by atoms with van der Waals surface area (Å²) in [4.78, 5) is 31.9. The summed E-state index contributed by atoms with van der Waals surface area (Å²) in [5.41, 5.74) is 3.10. The quantitative estimate of drug-likeness (QED) is 0.387. The zero-order valence-corrected chi connectivity index (χ0v) is 17.6. The average molecular weight is 426 g/mol. The minimum Gasteiger partial charge on any atom is -0.507 e. The van der Waals surface area contributed by atoms with Crippen LogP contribution in [-0.2, 0) is 22.6 Å². The van der Waals surface area contributed by atoms with E-state index >= 15 is 0 Å². The highest BCUT2D eigenvalue weighted by Gasteiger charge is 2.46. The molecule has 32 heavy (non-hydrogen) atoms. The summed E-state index contributed by atoms with van der Waals surface area (Å²) in [6.45, 7) is 2.23. The molecule has 3 heterocycles. The summed E-state index contributed by atoms with van der Waals surface area (Å²) in [5.74, 6) is -0.739. The van der Waals surface area contributed by atoms with E-state index < -0.39 is 17.7 Å². The number of fused-ring (bicyclic) bond motifs is 1. The molecule has 2 unspecified atom stereocenters. The first-order chi connectivity index (χ1) is 15.5. The highest BCUT2D eigenvalue weighted by atomic mass is 16.5. The van der Waals surface area contributed by atoms with Gasteiger partial charge in [0.1, 0.15) is 17.6 Å². The molecule has 0 bridgehead atoms. The first-order valence-electron chi connectivity index (χ1n) is 10.5. The second kappa shape index (κ2) is 7.96. The lowest BCUT2D eigenvalue weighted by molar-refractivity contribution is -0.140. The number of hydrogen-bond acceptors (Lipinski definition) is 5. The molecule has 6 heteroatoms. The predicted molar refractivity (Wildman–Crippen MR) is 119 cm³/mol. The van der Waals surface area contributed by atoms with Crippen molar-refractivity contribution in [2.75, 3.05) is 0 Å². The number of likely N-dealkylation sites (tertiary alicyclic amines) is 1. The van der Waals surface area contributed by atoms with Gasteiger partial charge in [0.25, 0.3) is 11.7 Å². The summed E-state index contributed by atoms with van der Waals surface area (Å²) in [6, 6.07) is 17.7. The molecule has 2 aliphatic rings. The number of ketones is 1. The van der Waals surface area contributed by atoms with Gasteiger partial charge in [0.2, 0.25) is 0 Å². The Balaban J connectivity index is 1.62. The van der Waals surface area contributed by atoms with E-state index in [2.05, 4.69) is 4.98 Å². The largest absolute Gasteiger partial charge is 0.507 e. The molecule has 0 aliphatic carbocycles. The standard InChI is InChI=1S/C26H22N2O4/c1-16-12-20-13-18(9-10-21(20)32-16)24(29)22-23(19-8-5-11-27-14-19)28(26(31)25(22)30)15-17-6-3-2-4-7-17/h2-11,13-14,16,23,29H,12,15H2,1H3. The lowest BCUT2D eigenvalue weighted by atomic mass is 9.95. The van der Waals surface area contributed by atoms with Crippen molar-refractivity contribution in [3.63, 3.8) is 0 Å². The number of pyridine rings is 1. The molecule has 6 nitrogen and oxygen atoms in total. The smallest absolute Gasteiger partial charge is 0.295 e. The maximum Gasteiger partial charge on any atom is 0.295 e. The van der Waals surface area contributed by atoms with Crippen LogP contribution in [0.3, 0.4) is 0 Å². The molecular formula is C26H22N2O4. The second-order valence-corrected chi connectivity index (χ2v) is 8.15. The van der Waals surface area contributed by atoms with E-state index in [0.717, 1.165) is 23.3 Å². The van der Waals surface area contributed by atoms with Gasteiger partial charge in [0.05, 0.1) is 11.6 Å². The SMILES string of the molecule is CC1Cc2cc(C(O)=C3C(=O)C(=O)N(Cc4ccccc4)C3c3cccnc3)ccc2O1. The van der Waals surface area contributed by atoms with Crippen LogP contribution in [0.5, 0.6) is 5.75 Å². The fourth-order valence-corrected chi connectivity index (χ4v) is 4.43. The van der Waals surface area contributed by atoms with Gasteiger partial charge in [-0.25, -0.2) is 0 Å². The van der Waals surface area contributed by atoms with E-state index in [-0.39, 0.29) is 24.0 Å². The van der Waals surface area contributed by atoms with Gasteiger partial charge in [-0.3, -0.25) is 14.6 Å². The fraction of sp³-hybridized carbons (Fsp3) is 0.192. The minimum absolute atomic E-state index is 0.0641. The number of carbonyl (C=O) groups is 2. The summed E-state index contributed by atoms with van der Waals surface area (Å²) < 4.78 is 5.74. The first kappa shape index (κ1) is 20.0. The maximum absolute atomic E-state index is 13.1. The molecule has 1 amide bonds. The van der Waals surface area contributed by atoms with E-state index in [1.54, 1.807) is 30.6 Å². The van der Waals surface area contributed by atoms with Crippen molar-refractivity contribution in [1.29, 1.82) is 0 Å². The van der Waals surface area contributed by atoms with Crippen LogP contribution in [-0.4, -0.2) is 32.8 Å². The number of aromatic nitrogens is 1. The highest BCUT2D eigenvalue weighted by molar-refractivity contribution is 6.46. The van der Waals surface area contributed by atoms with E-state index in [1.165, 1.54) is 4.90 Å². The Morgan fingerprint density at radius 2 is 1.94 bits per heavy atom. The number of ether oxygens (including phenoxy) is 1. The molecule has 0 radical (unpaired) electrons. The molecule has 3 aromatic rings. The molecule has 1 aromatic heterocycles. The van der Waals surface area contributed by atoms with Crippen LogP contribution < -0.4 is 4.74 Å². The molecule has 1 N–H and O–H groups in total. The molecule has 0 saturated carbocycles. The lowest BCUT2D eigenvalue weighted by Gasteiger charge is -2.25. The highest BCUT2D eigenvalue weighted by Crippen LogP contribution is 2.41. The van der Waals surface area contributed by atoms with Crippen molar-refractivity contribution in [3.05, 3.63) is 101 Å². The first-order valence-corrected chi connectivity index (χ1v) is 10.5. The molecular weight excluding hydrogens is 404 g/mol. The molecule has 1 saturated heterocycles. The van der Waals surface area contributed by atoms with Gasteiger partial charge >= 0.3 is 0 Å². The predicted octanol–water partition coefficient (Wildman–Crippen LogP) is 4.03. The normalized spacial score (nSPS) is 21.5. The third-order valence-electron chi connectivity index (χ3n) is 5.91. The Labute approximate surface area is 185 Å². The maximum atomic E-state index is 13.1. The summed E-state index contributed by atoms with van der Waals surface area (Å²) in [7, 11) is 0. The van der Waals surface area contributed by atoms with E-state index in [9.17, 15) is 14.7 Å². The van der Waals surface area contributed by atoms with Crippen molar-refractivity contribution in [3.8, 4) is 5.75 Å². The van der Waals surface area contributed by atoms with Crippen LogP contribution in [0.25, 0.3) is 5.76 Å². The molecule has 2 aromatic carbocycles. The Hall–Kier alpha value is -3.93. The number of nitrogens with zero attached hydrogens (tertiary/aromatic N) is 2. The van der Waals surface area contributed by atoms with Gasteiger partial charge in [-0.15, -0.1) is 0 Å². The number of rotatable bonds is 4. The third-order valence-corrected chi connectivity index (χ3v) is 5.91. The van der Waals surface area contributed by atoms with Gasteiger partial charge in [0.15, 0.2) is 0 Å². The van der Waals surface area contributed by atoms with Crippen molar-refractivity contribution in [2.24, 2.45) is 0 Å². The van der Waals surface area contributed by atoms with Crippen LogP contribution in [0.15, 0.2) is 78.6 Å². The van der Waals surface area contributed by atoms with Gasteiger partial charge in [-0.05, 0) is 47.9 Å². The van der Waals surface area contributed by atoms with Crippen LogP contribution in [0.1, 0.15) is 35.2 Å². The fourth-order valence-electron chi connectivity index (χ4n) is 4.43. The third kappa shape index (κ3) is 3.43. The molecule has 2 aliphatic heterocycles. The second-order valence-electron chi connectivity index (χ2n) is 8.15. The zero-order valence-electron chi connectivity index (χ0n) is 17.6. The minimum atomic E-state index is -0.729. The van der Waals surface area contributed by atoms with Crippen molar-refractivity contribution < 1.29 is 19.4 Å². The number of aliphatic hydroxyl groups is 1. The van der Waals surface area contributed by atoms with Crippen LogP contribution in [0, 0.1) is 0 Å². The van der Waals surface area contributed by atoms with Crippen molar-refractivity contribution >= 4 is 17.4 Å². The topological polar surface area (TPSA) is 79.7 Å². The van der Waals surface area contributed by atoms with Gasteiger partial charge in [-0.2, -0.15) is 0 Å². The zero-order chi connectivity index (χ0) is 22.2. The van der Waals surface area contributed by atoms with E-state index in [4.69, 9.17) is 4.74 Å². The van der Waals surface area contributed by atoms with Crippen molar-refractivity contribution in [2.45, 2.75) is 32.0 Å². The van der Waals surface area contributed by atoms with Gasteiger partial charge in [0, 0.05) is 30.9 Å². The molecule has 5 rings (SSSR count). The number of benzene rings is 2. The Morgan fingerprint density at radius 1 is 1.12 bits per heavy atom. The molecule has 1 fully saturated rings. The van der Waals surface area contributed by atoms with Crippen LogP contribution in [0.2, 0.25) is 0 Å². The van der Waals surface area contributed by atoms with Crippen molar-refractivity contribution in [1.82, 2.24) is 9.88 Å². The van der Waals surface area contributed by atoms with Crippen LogP contribution in [0.4, 0.5) is 0 Å². The van der Waals surface area contributed by atoms with Crippen LogP contribution >= 0.6 is 0 Å². The number of amides is 1. The molecule has 0 spiro atoms. The summed E-state index contributed by atoms with van der Waals surface area (Å²) in [5, 5.41) is 11.2. The number of Topliss-reactive ketones (excluding diaryl/α,β-unsaturated/α-hetero) is 1. The van der Waals surface area contributed by atoms with Gasteiger partial charge in [-0.1, -0.05) is 36.4 Å². The lowest BCUT2D eigenvalue weighted by Crippen LogP contribution is -2.29. The molecule has 2 atom stereocenters. The number of carbonyl (C=O) groups excluding carboxylic acids is 2. The Kier molecular flexibility index (Phi) is 4.98. The summed E-state index contributed by atoms with van der Waals surface area (Å²) in [6.07, 6.45) is 4.05. The Morgan fingerprint density at radius 3 is 2.69 bits per heavy atom. The average Bonchev–Trinajstić information content (AvgIpc) is 3.31. The summed E-state index contributed by atoms with van der Waals surface area (Å²) >= 11 is 0. The van der Waals surface area contributed by atoms with E-state index in [1.807, 2.05) is 49.4 Å².